The van der Waals surface area contributed by atoms with E-state index in [1.54, 1.807) is 19.1 Å². The van der Waals surface area contributed by atoms with Gasteiger partial charge in [-0.15, -0.1) is 0 Å². The number of amidine groups is 1. The van der Waals surface area contributed by atoms with Gasteiger partial charge in [-0.25, -0.2) is 4.98 Å². The standard InChI is InChI=1S/C37H41F2N5O4/c1-21-15-26(35(4,47)20-45)16-22(2)31(21)24-8-9-25(19-40)28(17-24)44-13-12-37(18-23(44)3)34(46)42-33(43-37)27-10-11-30(36(5,38)39)41-32(27)29-7-6-14-48-29/h8-11,15-17,23,29,45,47H,6-7,12-14,18,20H2,1-5H3,(H,42,43,46)/t23-,29+,35+,37+/m0/s1. The van der Waals surface area contributed by atoms with Crippen molar-refractivity contribution in [3.05, 3.63) is 81.7 Å². The summed E-state index contributed by atoms with van der Waals surface area (Å²) in [5.74, 6) is -3.05. The van der Waals surface area contributed by atoms with Crippen LogP contribution in [0.3, 0.4) is 0 Å². The van der Waals surface area contributed by atoms with Gasteiger partial charge >= 0.3 is 0 Å². The van der Waals surface area contributed by atoms with Crippen molar-refractivity contribution in [2.45, 2.75) is 89.5 Å². The van der Waals surface area contributed by atoms with Crippen LogP contribution in [-0.2, 0) is 21.1 Å². The molecule has 4 atom stereocenters. The summed E-state index contributed by atoms with van der Waals surface area (Å²) < 4.78 is 34.3. The van der Waals surface area contributed by atoms with E-state index in [4.69, 9.17) is 9.73 Å². The van der Waals surface area contributed by atoms with Crippen LogP contribution in [-0.4, -0.2) is 58.3 Å². The summed E-state index contributed by atoms with van der Waals surface area (Å²) in [7, 11) is 0. The number of amides is 1. The van der Waals surface area contributed by atoms with Crippen LogP contribution in [0.2, 0.25) is 0 Å². The van der Waals surface area contributed by atoms with E-state index in [1.165, 1.54) is 6.07 Å². The van der Waals surface area contributed by atoms with Gasteiger partial charge in [-0.1, -0.05) is 18.2 Å². The number of aliphatic hydroxyl groups is 2. The van der Waals surface area contributed by atoms with Crippen molar-refractivity contribution in [3.63, 3.8) is 0 Å². The second-order valence-electron chi connectivity index (χ2n) is 13.7. The predicted octanol–water partition coefficient (Wildman–Crippen LogP) is 5.70. The molecule has 1 aromatic heterocycles. The molecule has 3 aromatic rings. The minimum atomic E-state index is -3.13. The third-order valence-corrected chi connectivity index (χ3v) is 9.95. The Morgan fingerprint density at radius 2 is 1.90 bits per heavy atom. The first-order valence-electron chi connectivity index (χ1n) is 16.4. The summed E-state index contributed by atoms with van der Waals surface area (Å²) in [5.41, 5.74) is 3.72. The highest BCUT2D eigenvalue weighted by atomic mass is 19.3. The molecule has 1 spiro atoms. The molecule has 0 radical (unpaired) electrons. The Morgan fingerprint density at radius 3 is 2.50 bits per heavy atom. The lowest BCUT2D eigenvalue weighted by atomic mass is 9.83. The summed E-state index contributed by atoms with van der Waals surface area (Å²) in [4.78, 5) is 25.0. The zero-order valence-corrected chi connectivity index (χ0v) is 27.9. The maximum absolute atomic E-state index is 14.2. The van der Waals surface area contributed by atoms with E-state index >= 15 is 0 Å². The monoisotopic (exact) mass is 657 g/mol. The largest absolute Gasteiger partial charge is 0.393 e. The number of aliphatic hydroxyl groups excluding tert-OH is 1. The number of nitriles is 1. The van der Waals surface area contributed by atoms with Crippen LogP contribution in [0.25, 0.3) is 11.1 Å². The molecule has 2 aromatic carbocycles. The van der Waals surface area contributed by atoms with Gasteiger partial charge in [0, 0.05) is 38.1 Å². The first kappa shape index (κ1) is 33.7. The molecule has 0 saturated carbocycles. The summed E-state index contributed by atoms with van der Waals surface area (Å²) >= 11 is 0. The highest BCUT2D eigenvalue weighted by Gasteiger charge is 2.49. The van der Waals surface area contributed by atoms with Crippen molar-refractivity contribution in [3.8, 4) is 17.2 Å². The van der Waals surface area contributed by atoms with Gasteiger partial charge in [0.05, 0.1) is 23.6 Å². The first-order chi connectivity index (χ1) is 22.7. The lowest BCUT2D eigenvalue weighted by Gasteiger charge is -2.42. The number of piperidine rings is 1. The normalized spacial score (nSPS) is 24.0. The van der Waals surface area contributed by atoms with Crippen molar-refractivity contribution >= 4 is 17.4 Å². The van der Waals surface area contributed by atoms with Gasteiger partial charge in [-0.2, -0.15) is 14.0 Å². The molecular formula is C37H41F2N5O4. The molecule has 0 aliphatic carbocycles. The number of halogens is 2. The number of carbonyl (C=O) groups excluding carboxylic acids is 1. The Labute approximate surface area is 279 Å². The number of alkyl halides is 2. The molecule has 2 saturated heterocycles. The summed E-state index contributed by atoms with van der Waals surface area (Å²) in [6, 6.07) is 14.5. The summed E-state index contributed by atoms with van der Waals surface area (Å²) in [6.07, 6.45) is 1.75. The van der Waals surface area contributed by atoms with Gasteiger partial charge in [0.15, 0.2) is 0 Å². The number of rotatable bonds is 7. The Hall–Kier alpha value is -4.24. The number of nitrogens with one attached hydrogen (secondary N) is 1. The van der Waals surface area contributed by atoms with Gasteiger partial charge < -0.3 is 25.2 Å². The van der Waals surface area contributed by atoms with Crippen molar-refractivity contribution in [2.24, 2.45) is 4.99 Å². The third kappa shape index (κ3) is 5.97. The van der Waals surface area contributed by atoms with Crippen LogP contribution < -0.4 is 10.2 Å². The average Bonchev–Trinajstić information content (AvgIpc) is 3.68. The van der Waals surface area contributed by atoms with E-state index in [2.05, 4.69) is 21.3 Å². The number of carbonyl (C=O) groups is 1. The molecule has 6 rings (SSSR count). The van der Waals surface area contributed by atoms with Crippen molar-refractivity contribution < 1.29 is 28.5 Å². The lowest BCUT2D eigenvalue weighted by Crippen LogP contribution is -2.53. The Kier molecular flexibility index (Phi) is 8.65. The van der Waals surface area contributed by atoms with Gasteiger partial charge in [-0.3, -0.25) is 9.79 Å². The van der Waals surface area contributed by atoms with Crippen molar-refractivity contribution in [1.82, 2.24) is 10.3 Å². The lowest BCUT2D eigenvalue weighted by molar-refractivity contribution is -0.124. The molecule has 3 N–H and O–H groups in total. The topological polar surface area (TPSA) is 131 Å². The van der Waals surface area contributed by atoms with Crippen molar-refractivity contribution in [1.29, 1.82) is 5.26 Å². The minimum Gasteiger partial charge on any atom is -0.393 e. The van der Waals surface area contributed by atoms with Crippen LogP contribution in [0.5, 0.6) is 0 Å². The van der Waals surface area contributed by atoms with E-state index in [0.717, 1.165) is 41.3 Å². The fourth-order valence-corrected chi connectivity index (χ4v) is 7.34. The fraction of sp³-hybridized carbons (Fsp3) is 0.459. The molecule has 9 nitrogen and oxygen atoms in total. The number of nitrogens with zero attached hydrogens (tertiary/aromatic N) is 4. The molecule has 48 heavy (non-hydrogen) atoms. The number of ether oxygens (including phenoxy) is 1. The summed E-state index contributed by atoms with van der Waals surface area (Å²) in [6.45, 7) is 8.87. The highest BCUT2D eigenvalue weighted by Crippen LogP contribution is 2.41. The number of hydrogen-bond acceptors (Lipinski definition) is 8. The second kappa shape index (κ2) is 12.3. The minimum absolute atomic E-state index is 0.170. The number of aryl methyl sites for hydroxylation is 2. The molecule has 3 aliphatic rings. The maximum atomic E-state index is 14.2. The van der Waals surface area contributed by atoms with Gasteiger partial charge in [0.25, 0.3) is 11.8 Å². The molecule has 11 heteroatoms. The Bertz CT molecular complexity index is 1820. The maximum Gasteiger partial charge on any atom is 0.286 e. The van der Waals surface area contributed by atoms with Crippen LogP contribution in [0, 0.1) is 25.2 Å². The fourth-order valence-electron chi connectivity index (χ4n) is 7.34. The van der Waals surface area contributed by atoms with E-state index in [0.29, 0.717) is 60.6 Å². The second-order valence-corrected chi connectivity index (χ2v) is 13.7. The van der Waals surface area contributed by atoms with E-state index in [1.807, 2.05) is 45.0 Å². The van der Waals surface area contributed by atoms with Gasteiger partial charge in [0.2, 0.25) is 0 Å². The predicted molar refractivity (Wildman–Crippen MR) is 178 cm³/mol. The first-order valence-corrected chi connectivity index (χ1v) is 16.4. The third-order valence-electron chi connectivity index (χ3n) is 9.95. The van der Waals surface area contributed by atoms with Crippen LogP contribution in [0.15, 0.2) is 47.5 Å². The quantitative estimate of drug-likeness (QED) is 0.297. The zero-order chi connectivity index (χ0) is 34.6. The summed E-state index contributed by atoms with van der Waals surface area (Å²) in [5, 5.41) is 33.3. The molecule has 1 amide bonds. The Morgan fingerprint density at radius 1 is 1.17 bits per heavy atom. The van der Waals surface area contributed by atoms with Gasteiger partial charge in [0.1, 0.15) is 34.8 Å². The smallest absolute Gasteiger partial charge is 0.286 e. The van der Waals surface area contributed by atoms with Crippen LogP contribution >= 0.6 is 0 Å². The number of aromatic nitrogens is 1. The van der Waals surface area contributed by atoms with Gasteiger partial charge in [-0.05, 0) is 99.0 Å². The molecule has 252 valence electrons. The molecule has 3 aliphatic heterocycles. The average molecular weight is 658 g/mol. The molecule has 0 bridgehead atoms. The molecule has 4 heterocycles. The number of hydrogen-bond donors (Lipinski definition) is 3. The van der Waals surface area contributed by atoms with Crippen LogP contribution in [0.4, 0.5) is 14.5 Å². The molecule has 0 unspecified atom stereocenters. The van der Waals surface area contributed by atoms with E-state index in [-0.39, 0.29) is 17.6 Å². The SMILES string of the molecule is Cc1cc([C@](C)(O)CO)cc(C)c1-c1ccc(C#N)c(N2CC[C@]3(C[C@@H]2C)N=C(c2ccc(C(C)(F)F)nc2[C@H]2CCCO2)NC3=O)c1. The van der Waals surface area contributed by atoms with E-state index < -0.39 is 29.8 Å². The molecular weight excluding hydrogens is 616 g/mol. The van der Waals surface area contributed by atoms with Crippen LogP contribution in [0.1, 0.15) is 91.8 Å². The number of anilines is 1. The van der Waals surface area contributed by atoms with E-state index in [9.17, 15) is 29.1 Å². The highest BCUT2D eigenvalue weighted by molar-refractivity contribution is 6.16. The zero-order valence-electron chi connectivity index (χ0n) is 27.9. The molecule has 2 fully saturated rings. The number of pyridine rings is 1. The number of benzene rings is 2. The van der Waals surface area contributed by atoms with Crippen molar-refractivity contribution in [2.75, 3.05) is 24.7 Å². The number of aliphatic imine (C=N–C) groups is 1. The Balaban J connectivity index is 1.31.